The molecule has 4 nitrogen and oxygen atoms in total. The summed E-state index contributed by atoms with van der Waals surface area (Å²) in [5.41, 5.74) is 1.95. The van der Waals surface area contributed by atoms with Gasteiger partial charge in [-0.05, 0) is 43.5 Å². The molecule has 1 aromatic rings. The third kappa shape index (κ3) is 3.27. The Balaban J connectivity index is 1.76. The van der Waals surface area contributed by atoms with E-state index in [1.165, 1.54) is 0 Å². The van der Waals surface area contributed by atoms with Crippen LogP contribution in [-0.4, -0.2) is 32.2 Å². The van der Waals surface area contributed by atoms with E-state index >= 15 is 0 Å². The van der Waals surface area contributed by atoms with Gasteiger partial charge < -0.3 is 9.74 Å². The topological polar surface area (TPSA) is 55.4 Å². The number of hydrogen-bond donors (Lipinski definition) is 1. The van der Waals surface area contributed by atoms with Gasteiger partial charge in [-0.3, -0.25) is 9.59 Å². The van der Waals surface area contributed by atoms with Crippen LogP contribution in [0.4, 0.5) is 0 Å². The summed E-state index contributed by atoms with van der Waals surface area (Å²) in [6.45, 7) is 13.0. The van der Waals surface area contributed by atoms with Crippen LogP contribution in [0.15, 0.2) is 24.3 Å². The van der Waals surface area contributed by atoms with Crippen molar-refractivity contribution < 1.29 is 14.0 Å². The minimum Gasteiger partial charge on any atom is -0.413 e. The number of β-lactam (4-membered cyclic amide) rings is 1. The zero-order valence-corrected chi connectivity index (χ0v) is 17.8. The highest BCUT2D eigenvalue weighted by Crippen LogP contribution is 2.41. The van der Waals surface area contributed by atoms with Crippen molar-refractivity contribution in [2.75, 3.05) is 0 Å². The zero-order valence-electron chi connectivity index (χ0n) is 16.8. The van der Waals surface area contributed by atoms with E-state index in [-0.39, 0.29) is 40.7 Å². The first-order chi connectivity index (χ1) is 12.0. The maximum atomic E-state index is 13.0. The van der Waals surface area contributed by atoms with Crippen LogP contribution in [0, 0.1) is 11.8 Å². The maximum absolute atomic E-state index is 13.0. The van der Waals surface area contributed by atoms with E-state index in [0.29, 0.717) is 0 Å². The Hall–Kier alpha value is -1.46. The van der Waals surface area contributed by atoms with E-state index in [4.69, 9.17) is 4.43 Å². The van der Waals surface area contributed by atoms with Crippen LogP contribution in [0.1, 0.15) is 50.0 Å². The largest absolute Gasteiger partial charge is 0.413 e. The fraction of sp³-hybridized carbons (Fsp3) is 0.619. The number of Topliss-reactive ketones (excluding diaryl/α,β-unsaturated/α-hetero) is 1. The average molecular weight is 374 g/mol. The molecule has 1 amide bonds. The van der Waals surface area contributed by atoms with Crippen LogP contribution in [-0.2, 0) is 15.6 Å². The highest BCUT2D eigenvalue weighted by atomic mass is 28.4. The lowest BCUT2D eigenvalue weighted by Gasteiger charge is -2.48. The molecule has 26 heavy (non-hydrogen) atoms. The average Bonchev–Trinajstić information content (AvgIpc) is 2.52. The number of amides is 1. The molecule has 142 valence electrons. The highest BCUT2D eigenvalue weighted by Gasteiger charge is 2.52. The summed E-state index contributed by atoms with van der Waals surface area (Å²) in [5, 5.41) is 3.10. The number of rotatable bonds is 4. The van der Waals surface area contributed by atoms with Crippen molar-refractivity contribution in [3.05, 3.63) is 35.4 Å². The first kappa shape index (κ1) is 19.3. The Bertz CT molecular complexity index is 722. The monoisotopic (exact) mass is 373 g/mol. The molecule has 1 heterocycles. The SMILES string of the molecule is C[C@@H](O[Si](C)(C)C(C)(C)C)[C@H]1C(=O)N[C@@H]1C1CCc2ccccc2C1=O. The number of ketones is 1. The summed E-state index contributed by atoms with van der Waals surface area (Å²) in [4.78, 5) is 25.3. The van der Waals surface area contributed by atoms with E-state index < -0.39 is 8.32 Å². The molecule has 3 rings (SSSR count). The molecule has 0 saturated carbocycles. The van der Waals surface area contributed by atoms with Gasteiger partial charge in [-0.25, -0.2) is 0 Å². The Kier molecular flexibility index (Phi) is 4.91. The summed E-state index contributed by atoms with van der Waals surface area (Å²) in [6, 6.07) is 7.73. The summed E-state index contributed by atoms with van der Waals surface area (Å²) in [5.74, 6) is -0.185. The summed E-state index contributed by atoms with van der Waals surface area (Å²) in [6.07, 6.45) is 1.52. The second-order valence-electron chi connectivity index (χ2n) is 9.31. The molecule has 1 aliphatic heterocycles. The number of aryl methyl sites for hydroxylation is 1. The predicted octanol–water partition coefficient (Wildman–Crippen LogP) is 3.96. The molecule has 0 bridgehead atoms. The second-order valence-corrected chi connectivity index (χ2v) is 14.1. The van der Waals surface area contributed by atoms with Gasteiger partial charge >= 0.3 is 0 Å². The van der Waals surface area contributed by atoms with Crippen LogP contribution in [0.2, 0.25) is 18.1 Å². The minimum atomic E-state index is -1.96. The molecule has 5 heteroatoms. The normalized spacial score (nSPS) is 27.4. The van der Waals surface area contributed by atoms with Crippen molar-refractivity contribution in [2.45, 2.75) is 70.8 Å². The molecule has 1 unspecified atom stereocenters. The fourth-order valence-corrected chi connectivity index (χ4v) is 5.38. The predicted molar refractivity (Wildman–Crippen MR) is 106 cm³/mol. The molecule has 1 saturated heterocycles. The van der Waals surface area contributed by atoms with E-state index in [9.17, 15) is 9.59 Å². The molecule has 0 radical (unpaired) electrons. The van der Waals surface area contributed by atoms with E-state index in [2.05, 4.69) is 39.2 Å². The van der Waals surface area contributed by atoms with E-state index in [1.54, 1.807) is 0 Å². The molecule has 0 aromatic heterocycles. The first-order valence-electron chi connectivity index (χ1n) is 9.63. The Morgan fingerprint density at radius 2 is 1.85 bits per heavy atom. The molecular formula is C21H31NO3Si. The summed E-state index contributed by atoms with van der Waals surface area (Å²) < 4.78 is 6.47. The van der Waals surface area contributed by atoms with Gasteiger partial charge in [0.1, 0.15) is 0 Å². The lowest BCUT2D eigenvalue weighted by Crippen LogP contribution is -2.67. The van der Waals surface area contributed by atoms with Crippen LogP contribution in [0.5, 0.6) is 0 Å². The standard InChI is InChI=1S/C21H31NO3Si/c1-13(25-26(5,6)21(2,3)4)17-18(22-20(17)24)16-12-11-14-9-7-8-10-15(14)19(16)23/h7-10,13,16-18H,11-12H2,1-6H3,(H,22,24)/t13-,16?,17-,18-/m1/s1. The van der Waals surface area contributed by atoms with Crippen LogP contribution in [0.25, 0.3) is 0 Å². The lowest BCUT2D eigenvalue weighted by molar-refractivity contribution is -0.141. The van der Waals surface area contributed by atoms with Crippen molar-refractivity contribution in [1.29, 1.82) is 0 Å². The molecular weight excluding hydrogens is 342 g/mol. The number of carbonyl (C=O) groups excluding carboxylic acids is 2. The number of nitrogens with one attached hydrogen (secondary N) is 1. The van der Waals surface area contributed by atoms with Crippen molar-refractivity contribution in [2.24, 2.45) is 11.8 Å². The molecule has 1 aliphatic carbocycles. The Morgan fingerprint density at radius 3 is 2.46 bits per heavy atom. The van der Waals surface area contributed by atoms with Gasteiger partial charge in [0.25, 0.3) is 0 Å². The van der Waals surface area contributed by atoms with Gasteiger partial charge in [-0.15, -0.1) is 0 Å². The maximum Gasteiger partial charge on any atom is 0.228 e. The van der Waals surface area contributed by atoms with Gasteiger partial charge in [-0.1, -0.05) is 45.0 Å². The third-order valence-corrected chi connectivity index (χ3v) is 11.1. The molecule has 0 spiro atoms. The molecule has 1 aromatic carbocycles. The van der Waals surface area contributed by atoms with Crippen LogP contribution < -0.4 is 5.32 Å². The Morgan fingerprint density at radius 1 is 1.19 bits per heavy atom. The number of benzene rings is 1. The van der Waals surface area contributed by atoms with Crippen molar-refractivity contribution in [1.82, 2.24) is 5.32 Å². The molecule has 1 fully saturated rings. The van der Waals surface area contributed by atoms with Gasteiger partial charge in [0, 0.05) is 11.5 Å². The summed E-state index contributed by atoms with van der Waals surface area (Å²) >= 11 is 0. The van der Waals surface area contributed by atoms with Crippen molar-refractivity contribution in [3.8, 4) is 0 Å². The summed E-state index contributed by atoms with van der Waals surface area (Å²) in [7, 11) is -1.96. The zero-order chi connectivity index (χ0) is 19.3. The lowest BCUT2D eigenvalue weighted by atomic mass is 9.70. The van der Waals surface area contributed by atoms with E-state index in [0.717, 1.165) is 24.0 Å². The van der Waals surface area contributed by atoms with E-state index in [1.807, 2.05) is 31.2 Å². The third-order valence-electron chi connectivity index (χ3n) is 6.57. The smallest absolute Gasteiger partial charge is 0.228 e. The van der Waals surface area contributed by atoms with Gasteiger partial charge in [0.15, 0.2) is 14.1 Å². The fourth-order valence-electron chi connectivity index (χ4n) is 3.95. The second kappa shape index (κ2) is 6.61. The number of carbonyl (C=O) groups is 2. The highest BCUT2D eigenvalue weighted by molar-refractivity contribution is 6.74. The number of fused-ring (bicyclic) bond motifs is 1. The van der Waals surface area contributed by atoms with Crippen LogP contribution >= 0.6 is 0 Å². The molecule has 2 aliphatic rings. The quantitative estimate of drug-likeness (QED) is 0.642. The van der Waals surface area contributed by atoms with Crippen molar-refractivity contribution in [3.63, 3.8) is 0 Å². The van der Waals surface area contributed by atoms with Gasteiger partial charge in [0.2, 0.25) is 5.91 Å². The molecule has 4 atom stereocenters. The minimum absolute atomic E-state index is 0.0212. The van der Waals surface area contributed by atoms with Gasteiger partial charge in [-0.2, -0.15) is 0 Å². The first-order valence-corrected chi connectivity index (χ1v) is 12.5. The Labute approximate surface area is 157 Å². The number of hydrogen-bond acceptors (Lipinski definition) is 3. The van der Waals surface area contributed by atoms with Crippen LogP contribution in [0.3, 0.4) is 0 Å². The van der Waals surface area contributed by atoms with Crippen molar-refractivity contribution >= 4 is 20.0 Å². The molecule has 1 N–H and O–H groups in total. The van der Waals surface area contributed by atoms with Gasteiger partial charge in [0.05, 0.1) is 18.1 Å².